The number of fused-ring (bicyclic) bond motifs is 1. The molecule has 0 atom stereocenters. The highest BCUT2D eigenvalue weighted by molar-refractivity contribution is 5.89. The van der Waals surface area contributed by atoms with Crippen molar-refractivity contribution in [3.05, 3.63) is 95.4 Å². The average Bonchev–Trinajstić information content (AvgIpc) is 2.89. The van der Waals surface area contributed by atoms with Crippen LogP contribution in [0.4, 0.5) is 10.5 Å². The van der Waals surface area contributed by atoms with E-state index in [-0.39, 0.29) is 6.03 Å². The molecule has 5 rings (SSSR count). The lowest BCUT2D eigenvalue weighted by atomic mass is 9.96. The van der Waals surface area contributed by atoms with Gasteiger partial charge < -0.3 is 10.2 Å². The van der Waals surface area contributed by atoms with Crippen LogP contribution in [0.3, 0.4) is 0 Å². The minimum absolute atomic E-state index is 0.101. The molecule has 0 bridgehead atoms. The number of amides is 2. The molecule has 0 saturated carbocycles. The Morgan fingerprint density at radius 3 is 2.74 bits per heavy atom. The van der Waals surface area contributed by atoms with Crippen LogP contribution < -0.4 is 5.32 Å². The number of carbonyl (C=O) groups excluding carboxylic acids is 1. The summed E-state index contributed by atoms with van der Waals surface area (Å²) in [5.74, 6) is 0.667. The molecular weight excluding hydrogens is 434 g/mol. The van der Waals surface area contributed by atoms with E-state index in [9.17, 15) is 4.79 Å². The highest BCUT2D eigenvalue weighted by atomic mass is 16.2. The van der Waals surface area contributed by atoms with Crippen molar-refractivity contribution < 1.29 is 4.79 Å². The van der Waals surface area contributed by atoms with Gasteiger partial charge in [0.25, 0.3) is 0 Å². The molecule has 0 fully saturated rings. The molecule has 1 aliphatic rings. The number of hydrogen-bond acceptors (Lipinski definition) is 4. The van der Waals surface area contributed by atoms with Gasteiger partial charge in [0.1, 0.15) is 0 Å². The topological polar surface area (TPSA) is 71.0 Å². The monoisotopic (exact) mass is 463 g/mol. The van der Waals surface area contributed by atoms with E-state index in [0.717, 1.165) is 52.2 Å². The summed E-state index contributed by atoms with van der Waals surface area (Å²) in [4.78, 5) is 29.2. The van der Waals surface area contributed by atoms with Crippen molar-refractivity contribution in [3.63, 3.8) is 0 Å². The number of rotatable bonds is 5. The molecule has 0 spiro atoms. The van der Waals surface area contributed by atoms with Crippen LogP contribution >= 0.6 is 0 Å². The number of anilines is 1. The van der Waals surface area contributed by atoms with Crippen molar-refractivity contribution in [2.24, 2.45) is 0 Å². The number of carbonyl (C=O) groups is 1. The lowest BCUT2D eigenvalue weighted by Gasteiger charge is -2.30. The molecule has 0 saturated heterocycles. The summed E-state index contributed by atoms with van der Waals surface area (Å²) in [6.45, 7) is 5.31. The standard InChI is InChI=1S/C29H29N5O/c1-3-8-21-10-6-12-23(17-21)31-29(35)34-16-14-26-25(19-34)27(24-13-5-4-9-20(24)2)33-28(32-26)22-11-7-15-30-18-22/h4-7,9-13,15,17-18H,3,8,14,16,19H2,1-2H3,(H,31,35). The lowest BCUT2D eigenvalue weighted by molar-refractivity contribution is 0.206. The van der Waals surface area contributed by atoms with Gasteiger partial charge >= 0.3 is 6.03 Å². The molecule has 1 aliphatic heterocycles. The number of benzene rings is 2. The number of pyridine rings is 1. The second-order valence-electron chi connectivity index (χ2n) is 8.93. The van der Waals surface area contributed by atoms with E-state index in [0.29, 0.717) is 25.3 Å². The van der Waals surface area contributed by atoms with Crippen molar-refractivity contribution in [2.45, 2.75) is 39.7 Å². The predicted molar refractivity (Wildman–Crippen MR) is 139 cm³/mol. The summed E-state index contributed by atoms with van der Waals surface area (Å²) >= 11 is 0. The van der Waals surface area contributed by atoms with E-state index >= 15 is 0 Å². The number of aryl methyl sites for hydroxylation is 2. The zero-order valence-corrected chi connectivity index (χ0v) is 20.2. The molecule has 0 unspecified atom stereocenters. The minimum atomic E-state index is -0.101. The van der Waals surface area contributed by atoms with Crippen molar-refractivity contribution >= 4 is 11.7 Å². The maximum Gasteiger partial charge on any atom is 0.322 e. The second kappa shape index (κ2) is 10.1. The second-order valence-corrected chi connectivity index (χ2v) is 8.93. The Bertz CT molecular complexity index is 1350. The van der Waals surface area contributed by atoms with E-state index in [2.05, 4.69) is 48.4 Å². The largest absolute Gasteiger partial charge is 0.322 e. The Balaban J connectivity index is 1.48. The number of nitrogens with one attached hydrogen (secondary N) is 1. The fraction of sp³-hybridized carbons (Fsp3) is 0.241. The van der Waals surface area contributed by atoms with Crippen molar-refractivity contribution in [2.75, 3.05) is 11.9 Å². The van der Waals surface area contributed by atoms with Crippen LogP contribution in [-0.2, 0) is 19.4 Å². The Morgan fingerprint density at radius 2 is 1.94 bits per heavy atom. The summed E-state index contributed by atoms with van der Waals surface area (Å²) < 4.78 is 0. The third-order valence-electron chi connectivity index (χ3n) is 6.38. The molecule has 0 radical (unpaired) electrons. The summed E-state index contributed by atoms with van der Waals surface area (Å²) in [6.07, 6.45) is 6.28. The van der Waals surface area contributed by atoms with E-state index in [1.807, 2.05) is 41.3 Å². The Kier molecular flexibility index (Phi) is 6.53. The number of aromatic nitrogens is 3. The average molecular weight is 464 g/mol. The van der Waals surface area contributed by atoms with Gasteiger partial charge in [0.2, 0.25) is 0 Å². The van der Waals surface area contributed by atoms with Gasteiger partial charge in [-0.05, 0) is 48.7 Å². The fourth-order valence-corrected chi connectivity index (χ4v) is 4.57. The van der Waals surface area contributed by atoms with Crippen LogP contribution in [0.5, 0.6) is 0 Å². The van der Waals surface area contributed by atoms with Crippen molar-refractivity contribution in [1.29, 1.82) is 0 Å². The van der Waals surface area contributed by atoms with Crippen LogP contribution in [0.15, 0.2) is 73.1 Å². The zero-order chi connectivity index (χ0) is 24.2. The minimum Gasteiger partial charge on any atom is -0.320 e. The van der Waals surface area contributed by atoms with Crippen LogP contribution in [0.1, 0.15) is 35.7 Å². The Labute approximate surface area is 206 Å². The zero-order valence-electron chi connectivity index (χ0n) is 20.2. The number of urea groups is 1. The quantitative estimate of drug-likeness (QED) is 0.391. The summed E-state index contributed by atoms with van der Waals surface area (Å²) in [7, 11) is 0. The number of nitrogens with zero attached hydrogens (tertiary/aromatic N) is 4. The van der Waals surface area contributed by atoms with Crippen LogP contribution in [-0.4, -0.2) is 32.4 Å². The highest BCUT2D eigenvalue weighted by Gasteiger charge is 2.27. The first-order valence-corrected chi connectivity index (χ1v) is 12.1. The van der Waals surface area contributed by atoms with Gasteiger partial charge in [-0.25, -0.2) is 14.8 Å². The van der Waals surface area contributed by atoms with Crippen LogP contribution in [0.2, 0.25) is 0 Å². The molecule has 2 aromatic carbocycles. The van der Waals surface area contributed by atoms with Gasteiger partial charge in [0.15, 0.2) is 5.82 Å². The summed E-state index contributed by atoms with van der Waals surface area (Å²) in [6, 6.07) is 20.1. The smallest absolute Gasteiger partial charge is 0.320 e. The van der Waals surface area contributed by atoms with Gasteiger partial charge in [0.05, 0.1) is 17.9 Å². The number of hydrogen-bond donors (Lipinski definition) is 1. The first-order valence-electron chi connectivity index (χ1n) is 12.1. The first-order chi connectivity index (χ1) is 17.1. The molecule has 2 amide bonds. The van der Waals surface area contributed by atoms with Crippen molar-refractivity contribution in [3.8, 4) is 22.6 Å². The normalized spacial score (nSPS) is 12.8. The Hall–Kier alpha value is -4.06. The van der Waals surface area contributed by atoms with Crippen molar-refractivity contribution in [1.82, 2.24) is 19.9 Å². The molecule has 6 heteroatoms. The van der Waals surface area contributed by atoms with Gasteiger partial charge in [-0.15, -0.1) is 0 Å². The maximum absolute atomic E-state index is 13.2. The van der Waals surface area contributed by atoms with E-state index in [1.54, 1.807) is 12.4 Å². The molecule has 0 aliphatic carbocycles. The molecule has 3 heterocycles. The molecular formula is C29H29N5O. The van der Waals surface area contributed by atoms with Crippen LogP contribution in [0, 0.1) is 6.92 Å². The summed E-state index contributed by atoms with van der Waals surface area (Å²) in [5, 5.41) is 3.09. The van der Waals surface area contributed by atoms with Gasteiger partial charge in [-0.3, -0.25) is 4.98 Å². The third kappa shape index (κ3) is 4.92. The molecule has 1 N–H and O–H groups in total. The SMILES string of the molecule is CCCc1cccc(NC(=O)N2CCc3nc(-c4cccnc4)nc(-c4ccccc4C)c3C2)c1. The van der Waals surface area contributed by atoms with Crippen LogP contribution in [0.25, 0.3) is 22.6 Å². The van der Waals surface area contributed by atoms with Gasteiger partial charge in [0, 0.05) is 47.7 Å². The molecule has 2 aromatic heterocycles. The first kappa shape index (κ1) is 22.7. The van der Waals surface area contributed by atoms with Gasteiger partial charge in [-0.1, -0.05) is 49.7 Å². The molecule has 176 valence electrons. The maximum atomic E-state index is 13.2. The van der Waals surface area contributed by atoms with E-state index in [1.165, 1.54) is 5.56 Å². The lowest BCUT2D eigenvalue weighted by Crippen LogP contribution is -2.39. The van der Waals surface area contributed by atoms with E-state index < -0.39 is 0 Å². The van der Waals surface area contributed by atoms with E-state index in [4.69, 9.17) is 9.97 Å². The summed E-state index contributed by atoms with van der Waals surface area (Å²) in [5.41, 5.74) is 8.03. The molecule has 4 aromatic rings. The molecule has 6 nitrogen and oxygen atoms in total. The highest BCUT2D eigenvalue weighted by Crippen LogP contribution is 2.32. The Morgan fingerprint density at radius 1 is 1.06 bits per heavy atom. The predicted octanol–water partition coefficient (Wildman–Crippen LogP) is 6.06. The molecule has 35 heavy (non-hydrogen) atoms. The third-order valence-corrected chi connectivity index (χ3v) is 6.38. The fourth-order valence-electron chi connectivity index (χ4n) is 4.57. The van der Waals surface area contributed by atoms with Gasteiger partial charge in [-0.2, -0.15) is 0 Å².